The first-order chi connectivity index (χ1) is 30.2. The van der Waals surface area contributed by atoms with E-state index in [0.717, 1.165) is 84.2 Å². The van der Waals surface area contributed by atoms with Crippen molar-refractivity contribution < 1.29 is 4.42 Å². The minimum absolute atomic E-state index is 0.636. The van der Waals surface area contributed by atoms with Gasteiger partial charge in [-0.2, -0.15) is 0 Å². The number of nitrogens with zero attached hydrogens (tertiary/aromatic N) is 4. The second kappa shape index (κ2) is 15.2. The van der Waals surface area contributed by atoms with E-state index in [1.807, 2.05) is 24.3 Å². The molecule has 0 aliphatic rings. The molecule has 2 aromatic heterocycles. The fraction of sp³-hybridized carbons (Fsp3) is 0.0179. The molecular weight excluding hydrogens is 745 g/mol. The van der Waals surface area contributed by atoms with Crippen LogP contribution in [0, 0.1) is 6.92 Å². The highest BCUT2D eigenvalue weighted by atomic mass is 16.3. The van der Waals surface area contributed by atoms with Gasteiger partial charge in [0.05, 0.1) is 11.0 Å². The van der Waals surface area contributed by atoms with Gasteiger partial charge in [-0.1, -0.05) is 109 Å². The van der Waals surface area contributed by atoms with Crippen LogP contribution >= 0.6 is 0 Å². The van der Waals surface area contributed by atoms with Crippen molar-refractivity contribution in [3.63, 3.8) is 0 Å². The molecule has 2 heterocycles. The number of anilines is 6. The van der Waals surface area contributed by atoms with Gasteiger partial charge in [-0.15, -0.1) is 0 Å². The molecule has 0 spiro atoms. The second-order valence-corrected chi connectivity index (χ2v) is 15.3. The largest absolute Gasteiger partial charge is 0.436 e. The predicted molar refractivity (Wildman–Crippen MR) is 253 cm³/mol. The Kier molecular flexibility index (Phi) is 8.98. The summed E-state index contributed by atoms with van der Waals surface area (Å²) in [5.41, 5.74) is 16.0. The first-order valence-electron chi connectivity index (χ1n) is 20.6. The third-order valence-corrected chi connectivity index (χ3v) is 11.6. The molecule has 0 atom stereocenters. The van der Waals surface area contributed by atoms with Crippen molar-refractivity contribution in [1.29, 1.82) is 0 Å². The predicted octanol–water partition coefficient (Wildman–Crippen LogP) is 15.5. The summed E-state index contributed by atoms with van der Waals surface area (Å²) >= 11 is 0. The van der Waals surface area contributed by atoms with Crippen LogP contribution in [0.1, 0.15) is 5.56 Å². The second-order valence-electron chi connectivity index (χ2n) is 15.3. The molecule has 11 aromatic rings. The van der Waals surface area contributed by atoms with Gasteiger partial charge < -0.3 is 18.8 Å². The SMILES string of the molecule is Cc1c(-c2ccc(-n3c4ccc(N(c5ccccc5)c5ccccc5)cc4c4cc(N(c5ccccc5)c5ccccc5)ccc43)cc2)cccc1-c1nc2ccccc2o1. The highest BCUT2D eigenvalue weighted by Crippen LogP contribution is 2.43. The zero-order valence-electron chi connectivity index (χ0n) is 33.6. The molecule has 9 aromatic carbocycles. The molecule has 0 aliphatic heterocycles. The molecule has 0 aliphatic carbocycles. The summed E-state index contributed by atoms with van der Waals surface area (Å²) in [6.07, 6.45) is 0. The Morgan fingerprint density at radius 1 is 0.410 bits per heavy atom. The van der Waals surface area contributed by atoms with E-state index in [4.69, 9.17) is 9.40 Å². The lowest BCUT2D eigenvalue weighted by atomic mass is 9.96. The lowest BCUT2D eigenvalue weighted by Crippen LogP contribution is -2.09. The molecule has 0 bridgehead atoms. The monoisotopic (exact) mass is 784 g/mol. The zero-order chi connectivity index (χ0) is 40.7. The van der Waals surface area contributed by atoms with Crippen molar-refractivity contribution >= 4 is 67.0 Å². The molecule has 61 heavy (non-hydrogen) atoms. The Morgan fingerprint density at radius 3 is 1.36 bits per heavy atom. The molecule has 11 rings (SSSR count). The molecule has 0 saturated heterocycles. The fourth-order valence-electron chi connectivity index (χ4n) is 8.72. The van der Waals surface area contributed by atoms with Crippen molar-refractivity contribution in [3.05, 3.63) is 230 Å². The van der Waals surface area contributed by atoms with Gasteiger partial charge in [0.15, 0.2) is 5.58 Å². The lowest BCUT2D eigenvalue weighted by molar-refractivity contribution is 0.619. The highest BCUT2D eigenvalue weighted by Gasteiger charge is 2.21. The Hall–Kier alpha value is -8.15. The van der Waals surface area contributed by atoms with Crippen molar-refractivity contribution in [2.45, 2.75) is 6.92 Å². The van der Waals surface area contributed by atoms with Gasteiger partial charge in [-0.3, -0.25) is 0 Å². The number of fused-ring (bicyclic) bond motifs is 4. The molecule has 5 heteroatoms. The van der Waals surface area contributed by atoms with E-state index >= 15 is 0 Å². The molecule has 0 N–H and O–H groups in total. The average molecular weight is 785 g/mol. The summed E-state index contributed by atoms with van der Waals surface area (Å²) in [5, 5.41) is 2.33. The van der Waals surface area contributed by atoms with Crippen molar-refractivity contribution in [3.8, 4) is 28.3 Å². The van der Waals surface area contributed by atoms with Crippen LogP contribution in [-0.2, 0) is 0 Å². The van der Waals surface area contributed by atoms with Gasteiger partial charge in [-0.05, 0) is 139 Å². The minimum Gasteiger partial charge on any atom is -0.436 e. The molecular formula is C56H40N4O. The van der Waals surface area contributed by atoms with E-state index in [0.29, 0.717) is 5.89 Å². The quantitative estimate of drug-likeness (QED) is 0.146. The highest BCUT2D eigenvalue weighted by molar-refractivity contribution is 6.12. The maximum absolute atomic E-state index is 6.20. The topological polar surface area (TPSA) is 37.4 Å². The summed E-state index contributed by atoms with van der Waals surface area (Å²) in [5.74, 6) is 0.636. The first-order valence-corrected chi connectivity index (χ1v) is 20.6. The smallest absolute Gasteiger partial charge is 0.227 e. The summed E-state index contributed by atoms with van der Waals surface area (Å²) in [6, 6.07) is 79.3. The third-order valence-electron chi connectivity index (χ3n) is 11.6. The van der Waals surface area contributed by atoms with Crippen LogP contribution in [-0.4, -0.2) is 9.55 Å². The van der Waals surface area contributed by atoms with Gasteiger partial charge in [0.2, 0.25) is 5.89 Å². The number of aromatic nitrogens is 2. The van der Waals surface area contributed by atoms with Gasteiger partial charge in [0, 0.05) is 56.1 Å². The van der Waals surface area contributed by atoms with Gasteiger partial charge in [-0.25, -0.2) is 4.98 Å². The maximum Gasteiger partial charge on any atom is 0.227 e. The van der Waals surface area contributed by atoms with E-state index in [1.165, 1.54) is 10.8 Å². The maximum atomic E-state index is 6.20. The Balaban J connectivity index is 1.08. The van der Waals surface area contributed by atoms with Crippen LogP contribution in [0.25, 0.3) is 61.2 Å². The van der Waals surface area contributed by atoms with Gasteiger partial charge in [0.25, 0.3) is 0 Å². The molecule has 0 fully saturated rings. The lowest BCUT2D eigenvalue weighted by Gasteiger charge is -2.26. The number of hydrogen-bond acceptors (Lipinski definition) is 4. The van der Waals surface area contributed by atoms with Crippen LogP contribution in [0.2, 0.25) is 0 Å². The summed E-state index contributed by atoms with van der Waals surface area (Å²) in [6.45, 7) is 2.15. The Bertz CT molecular complexity index is 3050. The normalized spacial score (nSPS) is 11.4. The molecule has 290 valence electrons. The van der Waals surface area contributed by atoms with Gasteiger partial charge >= 0.3 is 0 Å². The summed E-state index contributed by atoms with van der Waals surface area (Å²) < 4.78 is 8.60. The van der Waals surface area contributed by atoms with E-state index in [2.05, 4.69) is 221 Å². The van der Waals surface area contributed by atoms with Crippen LogP contribution in [0.15, 0.2) is 229 Å². The summed E-state index contributed by atoms with van der Waals surface area (Å²) in [4.78, 5) is 9.48. The first kappa shape index (κ1) is 36.0. The summed E-state index contributed by atoms with van der Waals surface area (Å²) in [7, 11) is 0. The van der Waals surface area contributed by atoms with Crippen LogP contribution in [0.4, 0.5) is 34.1 Å². The molecule has 5 nitrogen and oxygen atoms in total. The fourth-order valence-corrected chi connectivity index (χ4v) is 8.72. The number of hydrogen-bond donors (Lipinski definition) is 0. The van der Waals surface area contributed by atoms with Crippen LogP contribution in [0.5, 0.6) is 0 Å². The third kappa shape index (κ3) is 6.49. The van der Waals surface area contributed by atoms with E-state index in [-0.39, 0.29) is 0 Å². The standard InChI is InChI=1S/C56H40N4O/c1-39-48(25-16-26-49(39)56-57-52-27-14-15-28-55(52)61-56)40-29-31-45(32-30-40)60-53-35-33-46(58(41-17-6-2-7-18-41)42-19-8-3-9-20-42)37-50(53)51-38-47(34-36-54(51)60)59(43-21-10-4-11-22-43)44-23-12-5-13-24-44/h2-38H,1H3. The molecule has 0 amide bonds. The van der Waals surface area contributed by atoms with E-state index in [1.54, 1.807) is 0 Å². The number of para-hydroxylation sites is 6. The minimum atomic E-state index is 0.636. The Labute approximate surface area is 354 Å². The van der Waals surface area contributed by atoms with E-state index in [9.17, 15) is 0 Å². The van der Waals surface area contributed by atoms with E-state index < -0.39 is 0 Å². The molecule has 0 saturated carbocycles. The molecule has 0 radical (unpaired) electrons. The Morgan fingerprint density at radius 2 is 0.869 bits per heavy atom. The zero-order valence-corrected chi connectivity index (χ0v) is 33.6. The van der Waals surface area contributed by atoms with Crippen molar-refractivity contribution in [2.24, 2.45) is 0 Å². The van der Waals surface area contributed by atoms with Gasteiger partial charge in [0.1, 0.15) is 5.52 Å². The average Bonchev–Trinajstić information content (AvgIpc) is 3.90. The number of oxazole rings is 1. The van der Waals surface area contributed by atoms with Crippen molar-refractivity contribution in [1.82, 2.24) is 9.55 Å². The molecule has 0 unspecified atom stereocenters. The van der Waals surface area contributed by atoms with Crippen molar-refractivity contribution in [2.75, 3.05) is 9.80 Å². The number of benzene rings is 9. The number of rotatable bonds is 9. The van der Waals surface area contributed by atoms with Crippen LogP contribution in [0.3, 0.4) is 0 Å². The van der Waals surface area contributed by atoms with Crippen LogP contribution < -0.4 is 9.80 Å².